The Bertz CT molecular complexity index is 555. The van der Waals surface area contributed by atoms with Crippen LogP contribution < -0.4 is 14.8 Å². The van der Waals surface area contributed by atoms with Crippen molar-refractivity contribution in [2.24, 2.45) is 5.92 Å². The van der Waals surface area contributed by atoms with Gasteiger partial charge in [-0.05, 0) is 37.1 Å². The van der Waals surface area contributed by atoms with Crippen molar-refractivity contribution in [3.8, 4) is 11.5 Å². The molecule has 0 saturated carbocycles. The number of benzene rings is 1. The van der Waals surface area contributed by atoms with Gasteiger partial charge in [-0.15, -0.1) is 0 Å². The van der Waals surface area contributed by atoms with Gasteiger partial charge in [0.25, 0.3) is 0 Å². The van der Waals surface area contributed by atoms with Crippen LogP contribution in [0.3, 0.4) is 0 Å². The third-order valence-corrected chi connectivity index (χ3v) is 3.43. The second-order valence-electron chi connectivity index (χ2n) is 5.41. The van der Waals surface area contributed by atoms with Crippen LogP contribution in [0.15, 0.2) is 36.9 Å². The number of nitrogens with zero attached hydrogens (tertiary/aromatic N) is 2. The van der Waals surface area contributed by atoms with Crippen molar-refractivity contribution >= 4 is 0 Å². The van der Waals surface area contributed by atoms with Crippen molar-refractivity contribution in [3.63, 3.8) is 0 Å². The van der Waals surface area contributed by atoms with Gasteiger partial charge in [-0.1, -0.05) is 13.0 Å². The van der Waals surface area contributed by atoms with Crippen LogP contribution in [0.25, 0.3) is 0 Å². The third-order valence-electron chi connectivity index (χ3n) is 3.43. The highest BCUT2D eigenvalue weighted by Gasteiger charge is 2.06. The Hall–Kier alpha value is -2.01. The summed E-state index contributed by atoms with van der Waals surface area (Å²) in [6.07, 6.45) is 5.66. The molecule has 1 N–H and O–H groups in total. The van der Waals surface area contributed by atoms with Crippen LogP contribution in [-0.4, -0.2) is 29.8 Å². The molecule has 22 heavy (non-hydrogen) atoms. The standard InChI is InChI=1S/C17H25N3O2/c1-4-22-17-9-15(5-6-16(17)21-3)11-19-10-14(2)12-20-8-7-18-13-20/h5-9,13-14,19H,4,10-12H2,1-3H3. The lowest BCUT2D eigenvalue weighted by Crippen LogP contribution is -2.23. The number of hydrogen-bond acceptors (Lipinski definition) is 4. The molecule has 0 spiro atoms. The van der Waals surface area contributed by atoms with E-state index in [1.54, 1.807) is 7.11 Å². The van der Waals surface area contributed by atoms with Crippen molar-refractivity contribution in [2.45, 2.75) is 26.9 Å². The molecule has 5 nitrogen and oxygen atoms in total. The summed E-state index contributed by atoms with van der Waals surface area (Å²) in [6, 6.07) is 6.06. The maximum Gasteiger partial charge on any atom is 0.161 e. The molecule has 1 atom stereocenters. The predicted octanol–water partition coefficient (Wildman–Crippen LogP) is 2.72. The SMILES string of the molecule is CCOc1cc(CNCC(C)Cn2ccnc2)ccc1OC. The van der Waals surface area contributed by atoms with E-state index < -0.39 is 0 Å². The van der Waals surface area contributed by atoms with Crippen LogP contribution in [0.5, 0.6) is 11.5 Å². The summed E-state index contributed by atoms with van der Waals surface area (Å²) >= 11 is 0. The topological polar surface area (TPSA) is 48.3 Å². The summed E-state index contributed by atoms with van der Waals surface area (Å²) in [4.78, 5) is 4.06. The zero-order valence-corrected chi connectivity index (χ0v) is 13.6. The maximum absolute atomic E-state index is 5.60. The first-order valence-corrected chi connectivity index (χ1v) is 7.69. The zero-order chi connectivity index (χ0) is 15.8. The van der Waals surface area contributed by atoms with Crippen molar-refractivity contribution in [1.29, 1.82) is 0 Å². The van der Waals surface area contributed by atoms with Gasteiger partial charge >= 0.3 is 0 Å². The molecule has 2 aromatic rings. The average molecular weight is 303 g/mol. The van der Waals surface area contributed by atoms with Gasteiger partial charge in [-0.3, -0.25) is 0 Å². The van der Waals surface area contributed by atoms with Crippen LogP contribution in [0.2, 0.25) is 0 Å². The first kappa shape index (κ1) is 16.4. The third kappa shape index (κ3) is 4.77. The Morgan fingerprint density at radius 1 is 1.32 bits per heavy atom. The van der Waals surface area contributed by atoms with E-state index >= 15 is 0 Å². The van der Waals surface area contributed by atoms with E-state index in [4.69, 9.17) is 9.47 Å². The molecule has 0 aliphatic carbocycles. The molecule has 0 bridgehead atoms. The van der Waals surface area contributed by atoms with Gasteiger partial charge in [0.1, 0.15) is 0 Å². The lowest BCUT2D eigenvalue weighted by molar-refractivity contribution is 0.310. The number of rotatable bonds is 9. The molecular weight excluding hydrogens is 278 g/mol. The summed E-state index contributed by atoms with van der Waals surface area (Å²) < 4.78 is 13.0. The zero-order valence-electron chi connectivity index (χ0n) is 13.6. The maximum atomic E-state index is 5.60. The molecule has 0 saturated heterocycles. The van der Waals surface area contributed by atoms with Gasteiger partial charge in [-0.2, -0.15) is 0 Å². The molecule has 2 rings (SSSR count). The number of nitrogens with one attached hydrogen (secondary N) is 1. The number of imidazole rings is 1. The van der Waals surface area contributed by atoms with Crippen molar-refractivity contribution in [2.75, 3.05) is 20.3 Å². The molecule has 1 aromatic heterocycles. The quantitative estimate of drug-likeness (QED) is 0.774. The lowest BCUT2D eigenvalue weighted by atomic mass is 10.1. The largest absolute Gasteiger partial charge is 0.493 e. The molecule has 1 aromatic carbocycles. The number of hydrogen-bond donors (Lipinski definition) is 1. The van der Waals surface area contributed by atoms with Gasteiger partial charge in [0, 0.05) is 25.5 Å². The molecule has 120 valence electrons. The second-order valence-corrected chi connectivity index (χ2v) is 5.41. The minimum atomic E-state index is 0.541. The van der Waals surface area contributed by atoms with E-state index in [1.807, 2.05) is 37.8 Å². The smallest absolute Gasteiger partial charge is 0.161 e. The highest BCUT2D eigenvalue weighted by Crippen LogP contribution is 2.27. The normalized spacial score (nSPS) is 12.1. The Morgan fingerprint density at radius 3 is 2.86 bits per heavy atom. The Kier molecular flexibility index (Phi) is 6.27. The van der Waals surface area contributed by atoms with Crippen molar-refractivity contribution in [1.82, 2.24) is 14.9 Å². The van der Waals surface area contributed by atoms with Crippen molar-refractivity contribution in [3.05, 3.63) is 42.5 Å². The molecule has 5 heteroatoms. The number of ether oxygens (including phenoxy) is 2. The van der Waals surface area contributed by atoms with E-state index in [0.717, 1.165) is 31.1 Å². The van der Waals surface area contributed by atoms with Gasteiger partial charge < -0.3 is 19.4 Å². The fourth-order valence-corrected chi connectivity index (χ4v) is 2.38. The summed E-state index contributed by atoms with van der Waals surface area (Å²) in [6.45, 7) is 7.58. The Balaban J connectivity index is 1.82. The van der Waals surface area contributed by atoms with Crippen molar-refractivity contribution < 1.29 is 9.47 Å². The second kappa shape index (κ2) is 8.44. The monoisotopic (exact) mass is 303 g/mol. The van der Waals surface area contributed by atoms with Crippen LogP contribution in [0.4, 0.5) is 0 Å². The number of aromatic nitrogens is 2. The average Bonchev–Trinajstić information content (AvgIpc) is 3.01. The summed E-state index contributed by atoms with van der Waals surface area (Å²) in [5, 5.41) is 3.49. The molecular formula is C17H25N3O2. The van der Waals surface area contributed by atoms with Gasteiger partial charge in [-0.25, -0.2) is 4.98 Å². The predicted molar refractivity (Wildman–Crippen MR) is 87.3 cm³/mol. The van der Waals surface area contributed by atoms with Crippen LogP contribution in [0.1, 0.15) is 19.4 Å². The highest BCUT2D eigenvalue weighted by molar-refractivity contribution is 5.42. The summed E-state index contributed by atoms with van der Waals surface area (Å²) in [5.41, 5.74) is 1.19. The molecule has 1 heterocycles. The van der Waals surface area contributed by atoms with Crippen LogP contribution in [0, 0.1) is 5.92 Å². The van der Waals surface area contributed by atoms with Gasteiger partial charge in [0.2, 0.25) is 0 Å². The minimum absolute atomic E-state index is 0.541. The molecule has 0 aliphatic rings. The first-order chi connectivity index (χ1) is 10.7. The van der Waals surface area contributed by atoms with Crippen LogP contribution >= 0.6 is 0 Å². The fraction of sp³-hybridized carbons (Fsp3) is 0.471. The minimum Gasteiger partial charge on any atom is -0.493 e. The molecule has 0 aliphatic heterocycles. The summed E-state index contributed by atoms with van der Waals surface area (Å²) in [7, 11) is 1.66. The van der Waals surface area contributed by atoms with E-state index in [0.29, 0.717) is 12.5 Å². The Labute approximate surface area is 132 Å². The van der Waals surface area contributed by atoms with Crippen LogP contribution in [-0.2, 0) is 13.1 Å². The lowest BCUT2D eigenvalue weighted by Gasteiger charge is -2.14. The molecule has 0 fully saturated rings. The Morgan fingerprint density at radius 2 is 2.18 bits per heavy atom. The van der Waals surface area contributed by atoms with Gasteiger partial charge in [0.05, 0.1) is 20.0 Å². The highest BCUT2D eigenvalue weighted by atomic mass is 16.5. The van der Waals surface area contributed by atoms with Gasteiger partial charge in [0.15, 0.2) is 11.5 Å². The first-order valence-electron chi connectivity index (χ1n) is 7.69. The fourth-order valence-electron chi connectivity index (χ4n) is 2.38. The van der Waals surface area contributed by atoms with E-state index in [1.165, 1.54) is 5.56 Å². The van der Waals surface area contributed by atoms with E-state index in [9.17, 15) is 0 Å². The van der Waals surface area contributed by atoms with E-state index in [2.05, 4.69) is 27.9 Å². The summed E-state index contributed by atoms with van der Waals surface area (Å²) in [5.74, 6) is 2.12. The number of methoxy groups -OCH3 is 1. The molecule has 0 amide bonds. The van der Waals surface area contributed by atoms with E-state index in [-0.39, 0.29) is 0 Å². The molecule has 1 unspecified atom stereocenters. The molecule has 0 radical (unpaired) electrons.